The summed E-state index contributed by atoms with van der Waals surface area (Å²) in [5.74, 6) is 1.39. The van der Waals surface area contributed by atoms with Crippen LogP contribution in [0.25, 0.3) is 0 Å². The maximum atomic E-state index is 12.2. The number of amides is 1. The highest BCUT2D eigenvalue weighted by atomic mass is 16.5. The van der Waals surface area contributed by atoms with E-state index in [1.54, 1.807) is 19.2 Å². The molecule has 1 aliphatic rings. The minimum Gasteiger partial charge on any atom is -0.497 e. The van der Waals surface area contributed by atoms with Crippen LogP contribution >= 0.6 is 0 Å². The number of anilines is 1. The largest absolute Gasteiger partial charge is 0.497 e. The van der Waals surface area contributed by atoms with E-state index in [1.807, 2.05) is 18.2 Å². The Labute approximate surface area is 154 Å². The standard InChI is InChI=1S/C20H26N4O2/c1-26-17-9-5-6-15(14-17)12-13-21-19-11-10-18(23-24-19)20(25)22-16-7-3-2-4-8-16/h5-6,9-11,14,16H,2-4,7-8,12-13H2,1H3,(H,21,24)(H,22,25). The highest BCUT2D eigenvalue weighted by molar-refractivity contribution is 5.92. The van der Waals surface area contributed by atoms with E-state index < -0.39 is 0 Å². The molecule has 0 spiro atoms. The van der Waals surface area contributed by atoms with E-state index in [0.717, 1.165) is 31.6 Å². The van der Waals surface area contributed by atoms with Gasteiger partial charge in [-0.05, 0) is 49.1 Å². The topological polar surface area (TPSA) is 76.1 Å². The maximum absolute atomic E-state index is 12.2. The molecule has 6 heteroatoms. The number of aromatic nitrogens is 2. The Morgan fingerprint density at radius 1 is 1.15 bits per heavy atom. The first-order chi connectivity index (χ1) is 12.7. The lowest BCUT2D eigenvalue weighted by Crippen LogP contribution is -2.36. The number of benzene rings is 1. The second kappa shape index (κ2) is 9.17. The highest BCUT2D eigenvalue weighted by Gasteiger charge is 2.17. The second-order valence-electron chi connectivity index (χ2n) is 6.64. The molecule has 1 aliphatic carbocycles. The second-order valence-corrected chi connectivity index (χ2v) is 6.64. The molecule has 1 aromatic carbocycles. The molecule has 0 atom stereocenters. The van der Waals surface area contributed by atoms with Crippen molar-refractivity contribution in [2.75, 3.05) is 19.0 Å². The highest BCUT2D eigenvalue weighted by Crippen LogP contribution is 2.18. The Hall–Kier alpha value is -2.63. The van der Waals surface area contributed by atoms with Crippen LogP contribution in [-0.2, 0) is 6.42 Å². The molecule has 1 heterocycles. The van der Waals surface area contributed by atoms with Gasteiger partial charge in [0, 0.05) is 12.6 Å². The first-order valence-corrected chi connectivity index (χ1v) is 9.26. The number of carbonyl (C=O) groups is 1. The molecule has 6 nitrogen and oxygen atoms in total. The summed E-state index contributed by atoms with van der Waals surface area (Å²) in [7, 11) is 1.67. The third-order valence-electron chi connectivity index (χ3n) is 4.69. The summed E-state index contributed by atoms with van der Waals surface area (Å²) in [6, 6.07) is 11.8. The molecule has 1 aromatic heterocycles. The summed E-state index contributed by atoms with van der Waals surface area (Å²) >= 11 is 0. The molecular formula is C20H26N4O2. The van der Waals surface area contributed by atoms with E-state index in [0.29, 0.717) is 11.5 Å². The molecular weight excluding hydrogens is 328 g/mol. The molecule has 138 valence electrons. The number of ether oxygens (including phenoxy) is 1. The van der Waals surface area contributed by atoms with Gasteiger partial charge in [0.05, 0.1) is 7.11 Å². The molecule has 26 heavy (non-hydrogen) atoms. The maximum Gasteiger partial charge on any atom is 0.272 e. The van der Waals surface area contributed by atoms with Crippen molar-refractivity contribution in [1.82, 2.24) is 15.5 Å². The predicted molar refractivity (Wildman–Crippen MR) is 102 cm³/mol. The lowest BCUT2D eigenvalue weighted by Gasteiger charge is -2.22. The Bertz CT molecular complexity index is 712. The number of carbonyl (C=O) groups excluding carboxylic acids is 1. The number of methoxy groups -OCH3 is 1. The van der Waals surface area contributed by atoms with Crippen LogP contribution in [0.4, 0.5) is 5.82 Å². The molecule has 1 amide bonds. The Balaban J connectivity index is 1.47. The molecule has 0 aliphatic heterocycles. The number of nitrogens with zero attached hydrogens (tertiary/aromatic N) is 2. The van der Waals surface area contributed by atoms with Crippen LogP contribution in [0.5, 0.6) is 5.75 Å². The molecule has 0 bridgehead atoms. The van der Waals surface area contributed by atoms with Crippen LogP contribution in [0.2, 0.25) is 0 Å². The molecule has 3 rings (SSSR count). The first kappa shape index (κ1) is 18.2. The summed E-state index contributed by atoms with van der Waals surface area (Å²) in [5.41, 5.74) is 1.56. The van der Waals surface area contributed by atoms with Gasteiger partial charge in [-0.3, -0.25) is 4.79 Å². The van der Waals surface area contributed by atoms with E-state index >= 15 is 0 Å². The van der Waals surface area contributed by atoms with Crippen LogP contribution in [0.1, 0.15) is 48.2 Å². The van der Waals surface area contributed by atoms with E-state index in [-0.39, 0.29) is 11.9 Å². The van der Waals surface area contributed by atoms with Gasteiger partial charge in [0.15, 0.2) is 5.69 Å². The molecule has 1 saturated carbocycles. The van der Waals surface area contributed by atoms with Crippen molar-refractivity contribution in [3.63, 3.8) is 0 Å². The zero-order valence-corrected chi connectivity index (χ0v) is 15.2. The average molecular weight is 354 g/mol. The van der Waals surface area contributed by atoms with Gasteiger partial charge >= 0.3 is 0 Å². The van der Waals surface area contributed by atoms with Crippen LogP contribution in [0.15, 0.2) is 36.4 Å². The third-order valence-corrected chi connectivity index (χ3v) is 4.69. The van der Waals surface area contributed by atoms with Gasteiger partial charge in [-0.1, -0.05) is 31.4 Å². The molecule has 2 N–H and O–H groups in total. The lowest BCUT2D eigenvalue weighted by atomic mass is 9.95. The summed E-state index contributed by atoms with van der Waals surface area (Å²) in [6.45, 7) is 0.732. The van der Waals surface area contributed by atoms with Crippen molar-refractivity contribution in [3.05, 3.63) is 47.7 Å². The normalized spacial score (nSPS) is 14.7. The predicted octanol–water partition coefficient (Wildman–Crippen LogP) is 3.20. The Morgan fingerprint density at radius 3 is 2.73 bits per heavy atom. The number of rotatable bonds is 7. The fraction of sp³-hybridized carbons (Fsp3) is 0.450. The van der Waals surface area contributed by atoms with Gasteiger partial charge in [-0.2, -0.15) is 0 Å². The Kier molecular flexibility index (Phi) is 6.41. The van der Waals surface area contributed by atoms with E-state index in [9.17, 15) is 4.79 Å². The molecule has 2 aromatic rings. The number of nitrogens with one attached hydrogen (secondary N) is 2. The van der Waals surface area contributed by atoms with Crippen LogP contribution in [-0.4, -0.2) is 35.8 Å². The Morgan fingerprint density at radius 2 is 2.00 bits per heavy atom. The minimum absolute atomic E-state index is 0.132. The van der Waals surface area contributed by atoms with Gasteiger partial charge in [-0.25, -0.2) is 0 Å². The first-order valence-electron chi connectivity index (χ1n) is 9.26. The zero-order valence-electron chi connectivity index (χ0n) is 15.2. The van der Waals surface area contributed by atoms with Crippen molar-refractivity contribution in [2.45, 2.75) is 44.6 Å². The van der Waals surface area contributed by atoms with Gasteiger partial charge in [0.25, 0.3) is 5.91 Å². The summed E-state index contributed by atoms with van der Waals surface area (Å²) in [5, 5.41) is 14.5. The van der Waals surface area contributed by atoms with Crippen LogP contribution in [0, 0.1) is 0 Å². The van der Waals surface area contributed by atoms with E-state index in [2.05, 4.69) is 26.9 Å². The van der Waals surface area contributed by atoms with Crippen molar-refractivity contribution >= 4 is 11.7 Å². The van der Waals surface area contributed by atoms with Crippen molar-refractivity contribution in [2.24, 2.45) is 0 Å². The third kappa shape index (κ3) is 5.18. The number of hydrogen-bond acceptors (Lipinski definition) is 5. The zero-order chi connectivity index (χ0) is 18.2. The van der Waals surface area contributed by atoms with Gasteiger partial charge < -0.3 is 15.4 Å². The quantitative estimate of drug-likeness (QED) is 0.798. The summed E-state index contributed by atoms with van der Waals surface area (Å²) in [6.07, 6.45) is 6.61. The van der Waals surface area contributed by atoms with Gasteiger partial charge in [0.2, 0.25) is 0 Å². The molecule has 0 saturated heterocycles. The van der Waals surface area contributed by atoms with E-state index in [4.69, 9.17) is 4.74 Å². The molecule has 1 fully saturated rings. The van der Waals surface area contributed by atoms with Crippen molar-refractivity contribution in [1.29, 1.82) is 0 Å². The van der Waals surface area contributed by atoms with Gasteiger partial charge in [0.1, 0.15) is 11.6 Å². The molecule has 0 unspecified atom stereocenters. The minimum atomic E-state index is -0.132. The molecule has 0 radical (unpaired) electrons. The van der Waals surface area contributed by atoms with Gasteiger partial charge in [-0.15, -0.1) is 10.2 Å². The number of hydrogen-bond donors (Lipinski definition) is 2. The smallest absolute Gasteiger partial charge is 0.272 e. The average Bonchev–Trinajstić information content (AvgIpc) is 2.69. The fourth-order valence-corrected chi connectivity index (χ4v) is 3.22. The van der Waals surface area contributed by atoms with Crippen molar-refractivity contribution in [3.8, 4) is 5.75 Å². The lowest BCUT2D eigenvalue weighted by molar-refractivity contribution is 0.0921. The summed E-state index contributed by atoms with van der Waals surface area (Å²) < 4.78 is 5.23. The van der Waals surface area contributed by atoms with Crippen LogP contribution < -0.4 is 15.4 Å². The monoisotopic (exact) mass is 354 g/mol. The van der Waals surface area contributed by atoms with Crippen molar-refractivity contribution < 1.29 is 9.53 Å². The fourth-order valence-electron chi connectivity index (χ4n) is 3.22. The summed E-state index contributed by atoms with van der Waals surface area (Å²) in [4.78, 5) is 12.2. The van der Waals surface area contributed by atoms with E-state index in [1.165, 1.54) is 24.8 Å². The SMILES string of the molecule is COc1cccc(CCNc2ccc(C(=O)NC3CCCCC3)nn2)c1. The van der Waals surface area contributed by atoms with Crippen LogP contribution in [0.3, 0.4) is 0 Å².